The summed E-state index contributed by atoms with van der Waals surface area (Å²) < 4.78 is 0.944. The maximum absolute atomic E-state index is 13.2. The van der Waals surface area contributed by atoms with Gasteiger partial charge >= 0.3 is 0 Å². The number of nitrogens with zero attached hydrogens (tertiary/aromatic N) is 3. The Bertz CT molecular complexity index is 1010. The molecular formula is C19H19Cl4N3OS. The number of carbonyl (C=O) groups is 1. The Labute approximate surface area is 189 Å². The van der Waals surface area contributed by atoms with E-state index >= 15 is 0 Å². The van der Waals surface area contributed by atoms with Crippen LogP contribution in [0, 0.1) is 6.92 Å². The van der Waals surface area contributed by atoms with Gasteiger partial charge < -0.3 is 4.90 Å². The normalized spacial score (nSPS) is 11.0. The van der Waals surface area contributed by atoms with Gasteiger partial charge in [-0.1, -0.05) is 46.1 Å². The van der Waals surface area contributed by atoms with E-state index in [9.17, 15) is 4.79 Å². The molecule has 9 heteroatoms. The molecule has 1 aromatic heterocycles. The van der Waals surface area contributed by atoms with E-state index in [0.29, 0.717) is 38.9 Å². The van der Waals surface area contributed by atoms with Gasteiger partial charge in [-0.2, -0.15) is 0 Å². The summed E-state index contributed by atoms with van der Waals surface area (Å²) in [4.78, 5) is 21.6. The molecule has 3 rings (SSSR count). The summed E-state index contributed by atoms with van der Waals surface area (Å²) in [5, 5.41) is 2.08. The number of benzene rings is 2. The van der Waals surface area contributed by atoms with Crippen molar-refractivity contribution in [2.45, 2.75) is 6.92 Å². The van der Waals surface area contributed by atoms with Gasteiger partial charge in [0.2, 0.25) is 0 Å². The van der Waals surface area contributed by atoms with E-state index in [1.807, 2.05) is 38.1 Å². The first-order valence-electron chi connectivity index (χ1n) is 8.24. The number of fused-ring (bicyclic) bond motifs is 1. The van der Waals surface area contributed by atoms with Gasteiger partial charge in [0.05, 0.1) is 20.8 Å². The van der Waals surface area contributed by atoms with E-state index in [2.05, 4.69) is 0 Å². The molecule has 0 aliphatic heterocycles. The smallest absolute Gasteiger partial charge is 0.261 e. The van der Waals surface area contributed by atoms with E-state index in [4.69, 9.17) is 39.8 Å². The zero-order chi connectivity index (χ0) is 19.7. The van der Waals surface area contributed by atoms with Gasteiger partial charge in [0.15, 0.2) is 5.13 Å². The molecule has 0 atom stereocenters. The Balaban J connectivity index is 0.00000280. The lowest BCUT2D eigenvalue weighted by Crippen LogP contribution is -2.36. The van der Waals surface area contributed by atoms with E-state index < -0.39 is 0 Å². The second-order valence-electron chi connectivity index (χ2n) is 6.45. The van der Waals surface area contributed by atoms with E-state index in [-0.39, 0.29) is 18.3 Å². The summed E-state index contributed by atoms with van der Waals surface area (Å²) >= 11 is 19.8. The van der Waals surface area contributed by atoms with Crippen LogP contribution in [0.15, 0.2) is 30.3 Å². The molecule has 0 aliphatic rings. The number of halogens is 4. The zero-order valence-corrected chi connectivity index (χ0v) is 19.4. The number of aryl methyl sites for hydroxylation is 1. The Morgan fingerprint density at radius 2 is 1.79 bits per heavy atom. The Morgan fingerprint density at radius 1 is 1.07 bits per heavy atom. The number of amides is 1. The van der Waals surface area contributed by atoms with Crippen molar-refractivity contribution in [1.82, 2.24) is 9.88 Å². The first-order valence-corrected chi connectivity index (χ1v) is 10.2. The van der Waals surface area contributed by atoms with E-state index in [1.54, 1.807) is 23.1 Å². The quantitative estimate of drug-likeness (QED) is 0.438. The third-order valence-electron chi connectivity index (χ3n) is 4.05. The lowest BCUT2D eigenvalue weighted by atomic mass is 10.2. The Morgan fingerprint density at radius 3 is 2.43 bits per heavy atom. The fourth-order valence-corrected chi connectivity index (χ4v) is 4.58. The molecule has 2 aromatic carbocycles. The highest BCUT2D eigenvalue weighted by Crippen LogP contribution is 2.34. The van der Waals surface area contributed by atoms with Crippen LogP contribution in [0.4, 0.5) is 5.13 Å². The van der Waals surface area contributed by atoms with Crippen molar-refractivity contribution in [3.05, 3.63) is 56.5 Å². The number of likely N-dealkylation sites (N-methyl/N-ethyl adjacent to an activating group) is 1. The van der Waals surface area contributed by atoms with Crippen molar-refractivity contribution in [2.75, 3.05) is 32.1 Å². The molecule has 0 aliphatic carbocycles. The number of carbonyl (C=O) groups excluding carboxylic acids is 1. The molecule has 1 amide bonds. The van der Waals surface area contributed by atoms with Crippen molar-refractivity contribution in [1.29, 1.82) is 0 Å². The van der Waals surface area contributed by atoms with E-state index in [0.717, 1.165) is 15.8 Å². The molecule has 4 nitrogen and oxygen atoms in total. The standard InChI is InChI=1S/C19H18Cl3N3OS.ClH/c1-11-8-13(21)10-16-17(11)23-19(27-16)25(7-6-24(2)3)18(26)14-5-4-12(20)9-15(14)22;/h4-5,8-10H,6-7H2,1-3H3;1H. The average Bonchev–Trinajstić information content (AvgIpc) is 2.98. The van der Waals surface area contributed by atoms with Crippen LogP contribution in [0.2, 0.25) is 15.1 Å². The molecular weight excluding hydrogens is 460 g/mol. The lowest BCUT2D eigenvalue weighted by molar-refractivity contribution is 0.0985. The maximum atomic E-state index is 13.2. The largest absolute Gasteiger partial charge is 0.308 e. The van der Waals surface area contributed by atoms with Gasteiger partial charge in [-0.25, -0.2) is 4.98 Å². The second-order valence-corrected chi connectivity index (χ2v) is 8.74. The number of rotatable bonds is 5. The predicted molar refractivity (Wildman–Crippen MR) is 123 cm³/mol. The minimum absolute atomic E-state index is 0. The summed E-state index contributed by atoms with van der Waals surface area (Å²) in [5.74, 6) is -0.207. The van der Waals surface area contributed by atoms with Crippen LogP contribution in [0.1, 0.15) is 15.9 Å². The zero-order valence-electron chi connectivity index (χ0n) is 15.5. The molecule has 0 spiro atoms. The Kier molecular flexibility index (Phi) is 7.97. The summed E-state index contributed by atoms with van der Waals surface area (Å²) in [6.07, 6.45) is 0. The van der Waals surface area contributed by atoms with Gasteiger partial charge in [0.1, 0.15) is 0 Å². The number of anilines is 1. The van der Waals surface area contributed by atoms with Gasteiger partial charge in [0, 0.05) is 23.1 Å². The summed E-state index contributed by atoms with van der Waals surface area (Å²) in [7, 11) is 3.92. The number of hydrogen-bond acceptors (Lipinski definition) is 4. The predicted octanol–water partition coefficient (Wildman–Crippen LogP) is 6.20. The third kappa shape index (κ3) is 5.09. The van der Waals surface area contributed by atoms with Crippen LogP contribution >= 0.6 is 58.5 Å². The van der Waals surface area contributed by atoms with Crippen molar-refractivity contribution in [2.24, 2.45) is 0 Å². The van der Waals surface area contributed by atoms with Gasteiger partial charge in [0.25, 0.3) is 5.91 Å². The highest BCUT2D eigenvalue weighted by Gasteiger charge is 2.24. The van der Waals surface area contributed by atoms with Crippen LogP contribution < -0.4 is 4.90 Å². The molecule has 0 bridgehead atoms. The molecule has 0 fully saturated rings. The highest BCUT2D eigenvalue weighted by molar-refractivity contribution is 7.22. The summed E-state index contributed by atoms with van der Waals surface area (Å²) in [5.41, 5.74) is 2.22. The SMILES string of the molecule is Cc1cc(Cl)cc2sc(N(CCN(C)C)C(=O)c3ccc(Cl)cc3Cl)nc12.Cl. The third-order valence-corrected chi connectivity index (χ3v) is 5.84. The maximum Gasteiger partial charge on any atom is 0.261 e. The van der Waals surface area contributed by atoms with Gasteiger partial charge in [-0.3, -0.25) is 9.69 Å². The van der Waals surface area contributed by atoms with Gasteiger partial charge in [-0.05, 0) is 56.9 Å². The topological polar surface area (TPSA) is 36.4 Å². The van der Waals surface area contributed by atoms with Gasteiger partial charge in [-0.15, -0.1) is 12.4 Å². The summed E-state index contributed by atoms with van der Waals surface area (Å²) in [6, 6.07) is 8.62. The highest BCUT2D eigenvalue weighted by atomic mass is 35.5. The van der Waals surface area contributed by atoms with Crippen LogP contribution in [0.25, 0.3) is 10.2 Å². The molecule has 0 saturated carbocycles. The first-order chi connectivity index (χ1) is 12.8. The van der Waals surface area contributed by atoms with Crippen LogP contribution in [0.3, 0.4) is 0 Å². The Hall–Kier alpha value is -1.08. The van der Waals surface area contributed by atoms with Crippen LogP contribution in [-0.2, 0) is 0 Å². The second kappa shape index (κ2) is 9.61. The lowest BCUT2D eigenvalue weighted by Gasteiger charge is -2.22. The minimum atomic E-state index is -0.207. The fraction of sp³-hybridized carbons (Fsp3) is 0.263. The summed E-state index contributed by atoms with van der Waals surface area (Å²) in [6.45, 7) is 3.13. The van der Waals surface area contributed by atoms with Crippen molar-refractivity contribution in [3.8, 4) is 0 Å². The van der Waals surface area contributed by atoms with Crippen LogP contribution in [-0.4, -0.2) is 43.0 Å². The molecule has 150 valence electrons. The molecule has 0 unspecified atom stereocenters. The molecule has 0 N–H and O–H groups in total. The molecule has 0 saturated heterocycles. The number of hydrogen-bond donors (Lipinski definition) is 0. The fourth-order valence-electron chi connectivity index (χ4n) is 2.65. The monoisotopic (exact) mass is 477 g/mol. The number of aromatic nitrogens is 1. The van der Waals surface area contributed by atoms with Crippen molar-refractivity contribution < 1.29 is 4.79 Å². The average molecular weight is 479 g/mol. The molecule has 1 heterocycles. The van der Waals surface area contributed by atoms with Crippen molar-refractivity contribution in [3.63, 3.8) is 0 Å². The van der Waals surface area contributed by atoms with Crippen LogP contribution in [0.5, 0.6) is 0 Å². The molecule has 0 radical (unpaired) electrons. The number of thiazole rings is 1. The molecule has 28 heavy (non-hydrogen) atoms. The van der Waals surface area contributed by atoms with Crippen molar-refractivity contribution >= 4 is 79.8 Å². The minimum Gasteiger partial charge on any atom is -0.308 e. The first kappa shape index (κ1) is 23.2. The molecule has 3 aromatic rings. The van der Waals surface area contributed by atoms with E-state index in [1.165, 1.54) is 11.3 Å².